The Balaban J connectivity index is 1.19. The zero-order valence-corrected chi connectivity index (χ0v) is 25.9. The summed E-state index contributed by atoms with van der Waals surface area (Å²) >= 11 is 0. The Labute approximate surface area is 261 Å². The van der Waals surface area contributed by atoms with Crippen molar-refractivity contribution in [2.45, 2.75) is 102 Å². The summed E-state index contributed by atoms with van der Waals surface area (Å²) in [4.78, 5) is 28.3. The van der Waals surface area contributed by atoms with Crippen molar-refractivity contribution in [1.82, 2.24) is 9.80 Å². The molecule has 0 radical (unpaired) electrons. The normalized spacial score (nSPS) is 24.5. The van der Waals surface area contributed by atoms with Crippen molar-refractivity contribution in [3.05, 3.63) is 65.2 Å². The Morgan fingerprint density at radius 3 is 2.23 bits per heavy atom. The van der Waals surface area contributed by atoms with Crippen LogP contribution in [0.5, 0.6) is 0 Å². The lowest BCUT2D eigenvalue weighted by atomic mass is 9.99. The molecule has 2 aromatic rings. The number of carboxylic acids is 1. The summed E-state index contributed by atoms with van der Waals surface area (Å²) < 4.78 is 13.2. The number of likely N-dealkylation sites (tertiary alicyclic amines) is 2. The summed E-state index contributed by atoms with van der Waals surface area (Å²) in [5, 5.41) is 21.2. The van der Waals surface area contributed by atoms with E-state index in [1.807, 2.05) is 48.5 Å². The molecule has 3 saturated heterocycles. The third kappa shape index (κ3) is 9.59. The van der Waals surface area contributed by atoms with Crippen LogP contribution in [0, 0.1) is 0 Å². The second-order valence-electron chi connectivity index (χ2n) is 12.6. The summed E-state index contributed by atoms with van der Waals surface area (Å²) in [5.41, 5.74) is 3.61. The molecule has 3 N–H and O–H groups in total. The van der Waals surface area contributed by atoms with Gasteiger partial charge in [0.05, 0.1) is 18.8 Å². The van der Waals surface area contributed by atoms with Crippen LogP contribution < -0.4 is 5.32 Å². The van der Waals surface area contributed by atoms with Crippen LogP contribution in [0.2, 0.25) is 0 Å². The van der Waals surface area contributed by atoms with E-state index in [1.165, 1.54) is 38.8 Å². The number of anilines is 1. The number of aliphatic carboxylic acids is 1. The minimum Gasteiger partial charge on any atom is -0.481 e. The number of rotatable bonds is 15. The SMILES string of the molecule is O=C(O)CCCCCCC(=O)Nc1ccc([C@@H]2O[C@H](CN3CCC[C@H]3CN3CCCC3)C[C@H](c3ccc(CO)cc3)O2)cc1. The Morgan fingerprint density at radius 2 is 1.52 bits per heavy atom. The number of aliphatic hydroxyl groups excluding tert-OH is 1. The summed E-state index contributed by atoms with van der Waals surface area (Å²) in [5.74, 6) is -0.812. The number of nitrogens with zero attached hydrogens (tertiary/aromatic N) is 2. The van der Waals surface area contributed by atoms with E-state index < -0.39 is 12.3 Å². The summed E-state index contributed by atoms with van der Waals surface area (Å²) in [6, 6.07) is 16.3. The molecule has 3 fully saturated rings. The number of ether oxygens (including phenoxy) is 2. The van der Waals surface area contributed by atoms with E-state index in [4.69, 9.17) is 14.6 Å². The molecule has 3 heterocycles. The van der Waals surface area contributed by atoms with Crippen LogP contribution in [0.25, 0.3) is 0 Å². The molecule has 0 spiro atoms. The van der Waals surface area contributed by atoms with Gasteiger partial charge in [-0.05, 0) is 81.4 Å². The third-order valence-corrected chi connectivity index (χ3v) is 9.23. The van der Waals surface area contributed by atoms with Crippen LogP contribution in [0.15, 0.2) is 48.5 Å². The molecule has 0 unspecified atom stereocenters. The molecule has 3 aliphatic rings. The summed E-state index contributed by atoms with van der Waals surface area (Å²) in [6.07, 6.45) is 8.89. The van der Waals surface area contributed by atoms with Crippen LogP contribution in [0.3, 0.4) is 0 Å². The largest absolute Gasteiger partial charge is 0.481 e. The van der Waals surface area contributed by atoms with Gasteiger partial charge in [-0.15, -0.1) is 0 Å². The van der Waals surface area contributed by atoms with Crippen LogP contribution in [-0.4, -0.2) is 76.8 Å². The lowest BCUT2D eigenvalue weighted by Crippen LogP contribution is -2.45. The highest BCUT2D eigenvalue weighted by Gasteiger charge is 2.36. The van der Waals surface area contributed by atoms with Crippen LogP contribution in [-0.2, 0) is 25.7 Å². The minimum absolute atomic E-state index is 0.0171. The van der Waals surface area contributed by atoms with Crippen molar-refractivity contribution in [3.63, 3.8) is 0 Å². The van der Waals surface area contributed by atoms with E-state index in [0.29, 0.717) is 18.9 Å². The molecule has 2 aromatic carbocycles. The van der Waals surface area contributed by atoms with E-state index in [2.05, 4.69) is 15.1 Å². The van der Waals surface area contributed by atoms with E-state index >= 15 is 0 Å². The first-order valence-corrected chi connectivity index (χ1v) is 16.6. The molecular weight excluding hydrogens is 558 g/mol. The molecule has 4 atom stereocenters. The molecule has 0 aliphatic carbocycles. The van der Waals surface area contributed by atoms with Crippen molar-refractivity contribution >= 4 is 17.6 Å². The Morgan fingerprint density at radius 1 is 0.818 bits per heavy atom. The maximum Gasteiger partial charge on any atom is 0.303 e. The van der Waals surface area contributed by atoms with E-state index in [1.54, 1.807) is 0 Å². The molecule has 1 amide bonds. The Bertz CT molecular complexity index is 1180. The number of carbonyl (C=O) groups is 2. The number of hydrogen-bond donors (Lipinski definition) is 3. The van der Waals surface area contributed by atoms with Gasteiger partial charge in [0.1, 0.15) is 0 Å². The fourth-order valence-electron chi connectivity index (χ4n) is 6.76. The second kappa shape index (κ2) is 16.5. The number of hydrogen-bond acceptors (Lipinski definition) is 7. The first-order chi connectivity index (χ1) is 21.5. The number of carbonyl (C=O) groups excluding carboxylic acids is 1. The highest BCUT2D eigenvalue weighted by atomic mass is 16.7. The predicted molar refractivity (Wildman–Crippen MR) is 169 cm³/mol. The molecule has 0 saturated carbocycles. The molecule has 9 heteroatoms. The third-order valence-electron chi connectivity index (χ3n) is 9.23. The second-order valence-corrected chi connectivity index (χ2v) is 12.6. The Hall–Kier alpha value is -2.82. The van der Waals surface area contributed by atoms with Gasteiger partial charge in [0.2, 0.25) is 5.91 Å². The zero-order chi connectivity index (χ0) is 30.7. The van der Waals surface area contributed by atoms with Gasteiger partial charge < -0.3 is 29.9 Å². The van der Waals surface area contributed by atoms with Crippen LogP contribution >= 0.6 is 0 Å². The molecule has 240 valence electrons. The number of unbranched alkanes of at least 4 members (excludes halogenated alkanes) is 3. The number of benzene rings is 2. The minimum atomic E-state index is -0.772. The topological polar surface area (TPSA) is 112 Å². The van der Waals surface area contributed by atoms with Crippen molar-refractivity contribution in [1.29, 1.82) is 0 Å². The van der Waals surface area contributed by atoms with Crippen LogP contribution in [0.1, 0.15) is 99.7 Å². The number of nitrogens with one attached hydrogen (secondary N) is 1. The zero-order valence-electron chi connectivity index (χ0n) is 25.9. The summed E-state index contributed by atoms with van der Waals surface area (Å²) in [6.45, 7) is 5.60. The fourth-order valence-corrected chi connectivity index (χ4v) is 6.76. The summed E-state index contributed by atoms with van der Waals surface area (Å²) in [7, 11) is 0. The maximum absolute atomic E-state index is 12.5. The van der Waals surface area contributed by atoms with E-state index in [9.17, 15) is 14.7 Å². The average molecular weight is 608 g/mol. The van der Waals surface area contributed by atoms with Gasteiger partial charge in [0.25, 0.3) is 0 Å². The maximum atomic E-state index is 12.5. The molecule has 0 aromatic heterocycles. The Kier molecular flexibility index (Phi) is 12.2. The van der Waals surface area contributed by atoms with Gasteiger partial charge in [-0.2, -0.15) is 0 Å². The molecule has 3 aliphatic heterocycles. The van der Waals surface area contributed by atoms with Gasteiger partial charge in [0, 0.05) is 49.6 Å². The van der Waals surface area contributed by atoms with Gasteiger partial charge >= 0.3 is 5.97 Å². The number of amides is 1. The van der Waals surface area contributed by atoms with Gasteiger partial charge in [0.15, 0.2) is 6.29 Å². The van der Waals surface area contributed by atoms with Gasteiger partial charge in [-0.3, -0.25) is 14.5 Å². The van der Waals surface area contributed by atoms with Gasteiger partial charge in [-0.1, -0.05) is 49.2 Å². The molecule has 9 nitrogen and oxygen atoms in total. The van der Waals surface area contributed by atoms with E-state index in [-0.39, 0.29) is 31.1 Å². The number of carboxylic acid groups (broad SMARTS) is 1. The van der Waals surface area contributed by atoms with E-state index in [0.717, 1.165) is 67.7 Å². The average Bonchev–Trinajstić information content (AvgIpc) is 3.71. The highest BCUT2D eigenvalue weighted by Crippen LogP contribution is 2.39. The highest BCUT2D eigenvalue weighted by molar-refractivity contribution is 5.90. The van der Waals surface area contributed by atoms with Crippen molar-refractivity contribution in [2.24, 2.45) is 0 Å². The standard InChI is InChI=1S/C35H49N3O6/c39-25-26-11-13-27(14-12-26)32-22-31(24-38-21-7-8-30(38)23-37-19-5-6-20-37)43-35(44-32)28-15-17-29(18-16-28)36-33(40)9-3-1-2-4-10-34(41)42/h11-18,30-32,35,39H,1-10,19-25H2,(H,36,40)(H,41,42)/t30-,31-,32+,35+/m0/s1. The van der Waals surface area contributed by atoms with Gasteiger partial charge in [-0.25, -0.2) is 0 Å². The molecule has 5 rings (SSSR count). The van der Waals surface area contributed by atoms with Crippen molar-refractivity contribution in [2.75, 3.05) is 38.0 Å². The number of aliphatic hydroxyl groups is 1. The first kappa shape index (κ1) is 32.6. The lowest BCUT2D eigenvalue weighted by Gasteiger charge is -2.39. The smallest absolute Gasteiger partial charge is 0.303 e. The molecule has 0 bridgehead atoms. The first-order valence-electron chi connectivity index (χ1n) is 16.6. The van der Waals surface area contributed by atoms with Crippen molar-refractivity contribution < 1.29 is 29.3 Å². The molecular formula is C35H49N3O6. The lowest BCUT2D eigenvalue weighted by molar-refractivity contribution is -0.253. The fraction of sp³-hybridized carbons (Fsp3) is 0.600. The molecule has 44 heavy (non-hydrogen) atoms. The quantitative estimate of drug-likeness (QED) is 0.223. The van der Waals surface area contributed by atoms with Crippen LogP contribution in [0.4, 0.5) is 5.69 Å². The monoisotopic (exact) mass is 607 g/mol. The van der Waals surface area contributed by atoms with Crippen molar-refractivity contribution in [3.8, 4) is 0 Å². The predicted octanol–water partition coefficient (Wildman–Crippen LogP) is 5.65.